The predicted molar refractivity (Wildman–Crippen MR) is 141 cm³/mol. The molecule has 0 aromatic rings. The number of fused-ring (bicyclic) bond motifs is 5. The maximum atomic E-state index is 6.72. The summed E-state index contributed by atoms with van der Waals surface area (Å²) < 4.78 is 6.72. The molecular weight excluding hydrogens is 404 g/mol. The zero-order valence-corrected chi connectivity index (χ0v) is 24.0. The molecule has 4 aliphatic rings. The van der Waals surface area contributed by atoms with Crippen molar-refractivity contribution in [1.82, 2.24) is 0 Å². The normalized spacial score (nSPS) is 45.3. The van der Waals surface area contributed by atoms with Crippen LogP contribution in [0, 0.1) is 52.3 Å². The first kappa shape index (κ1) is 25.3. The van der Waals surface area contributed by atoms with Crippen LogP contribution in [-0.4, -0.2) is 14.4 Å². The standard InChI is InChI=1S/C30H56OSi/c1-21(2)10-9-11-22(3)26-16-17-27-25-15-13-23-12-14-24(31-32(6,7)8)20-30(23,5)28(25)18-19-29(26,27)4/h21-28H,9-20H2,1-8H3. The lowest BCUT2D eigenvalue weighted by molar-refractivity contribution is -0.130. The lowest BCUT2D eigenvalue weighted by Crippen LogP contribution is -2.55. The van der Waals surface area contributed by atoms with Crippen molar-refractivity contribution >= 4 is 8.32 Å². The molecule has 0 spiro atoms. The van der Waals surface area contributed by atoms with Crippen LogP contribution in [0.25, 0.3) is 0 Å². The average molecular weight is 461 g/mol. The van der Waals surface area contributed by atoms with Crippen LogP contribution in [0.4, 0.5) is 0 Å². The van der Waals surface area contributed by atoms with Crippen molar-refractivity contribution in [1.29, 1.82) is 0 Å². The molecule has 0 bridgehead atoms. The number of rotatable bonds is 7. The molecule has 0 aliphatic heterocycles. The fourth-order valence-electron chi connectivity index (χ4n) is 9.93. The Kier molecular flexibility index (Phi) is 7.37. The van der Waals surface area contributed by atoms with E-state index >= 15 is 0 Å². The van der Waals surface area contributed by atoms with E-state index in [9.17, 15) is 0 Å². The van der Waals surface area contributed by atoms with E-state index in [0.717, 1.165) is 41.4 Å². The number of hydrogen-bond donors (Lipinski definition) is 0. The quantitative estimate of drug-likeness (QED) is 0.344. The van der Waals surface area contributed by atoms with E-state index in [2.05, 4.69) is 54.3 Å². The van der Waals surface area contributed by atoms with Crippen molar-refractivity contribution in [2.45, 2.75) is 137 Å². The van der Waals surface area contributed by atoms with Gasteiger partial charge in [-0.05, 0) is 130 Å². The lowest BCUT2D eigenvalue weighted by Gasteiger charge is -2.61. The first-order chi connectivity index (χ1) is 14.9. The SMILES string of the molecule is CC(C)CCCC(C)C1CCC2C3CCC4CCC(O[Si](C)(C)C)CC4(C)C3CCC12C. The molecule has 4 rings (SSSR count). The molecule has 186 valence electrons. The molecule has 0 radical (unpaired) electrons. The van der Waals surface area contributed by atoms with Gasteiger partial charge in [0.1, 0.15) is 0 Å². The molecule has 1 nitrogen and oxygen atoms in total. The maximum absolute atomic E-state index is 6.72. The summed E-state index contributed by atoms with van der Waals surface area (Å²) in [5, 5.41) is 0. The van der Waals surface area contributed by atoms with Crippen LogP contribution in [0.1, 0.15) is 112 Å². The fraction of sp³-hybridized carbons (Fsp3) is 1.00. The average Bonchev–Trinajstić information content (AvgIpc) is 3.03. The summed E-state index contributed by atoms with van der Waals surface area (Å²) in [7, 11) is -1.45. The van der Waals surface area contributed by atoms with Crippen LogP contribution in [0.5, 0.6) is 0 Å². The van der Waals surface area contributed by atoms with Crippen molar-refractivity contribution < 1.29 is 4.43 Å². The van der Waals surface area contributed by atoms with Gasteiger partial charge in [-0.15, -0.1) is 0 Å². The largest absolute Gasteiger partial charge is 0.415 e. The Morgan fingerprint density at radius 3 is 2.19 bits per heavy atom. The van der Waals surface area contributed by atoms with E-state index in [-0.39, 0.29) is 0 Å². The zero-order valence-electron chi connectivity index (χ0n) is 23.0. The zero-order chi connectivity index (χ0) is 23.3. The molecule has 0 aromatic carbocycles. The molecule has 9 atom stereocenters. The molecule has 0 aromatic heterocycles. The van der Waals surface area contributed by atoms with Gasteiger partial charge >= 0.3 is 0 Å². The molecule has 0 heterocycles. The van der Waals surface area contributed by atoms with Crippen molar-refractivity contribution in [2.24, 2.45) is 52.3 Å². The maximum Gasteiger partial charge on any atom is 0.184 e. The van der Waals surface area contributed by atoms with Gasteiger partial charge < -0.3 is 4.43 Å². The predicted octanol–water partition coefficient (Wildman–Crippen LogP) is 9.33. The molecular formula is C30H56OSi. The summed E-state index contributed by atoms with van der Waals surface area (Å²) in [5.41, 5.74) is 1.18. The minimum Gasteiger partial charge on any atom is -0.415 e. The van der Waals surface area contributed by atoms with Gasteiger partial charge in [0.05, 0.1) is 0 Å². The molecule has 4 saturated carbocycles. The van der Waals surface area contributed by atoms with Crippen LogP contribution in [-0.2, 0) is 4.43 Å². The Labute approximate surface area is 202 Å². The number of hydrogen-bond acceptors (Lipinski definition) is 1. The molecule has 32 heavy (non-hydrogen) atoms. The van der Waals surface area contributed by atoms with Crippen LogP contribution in [0.3, 0.4) is 0 Å². The van der Waals surface area contributed by atoms with Crippen LogP contribution in [0.15, 0.2) is 0 Å². The second-order valence-electron chi connectivity index (χ2n) is 14.8. The summed E-state index contributed by atoms with van der Waals surface area (Å²) in [6.07, 6.45) is 18.1. The Balaban J connectivity index is 1.46. The fourth-order valence-corrected chi connectivity index (χ4v) is 11.1. The molecule has 0 amide bonds. The third kappa shape index (κ3) is 4.80. The van der Waals surface area contributed by atoms with Crippen LogP contribution in [0.2, 0.25) is 19.6 Å². The third-order valence-corrected chi connectivity index (χ3v) is 12.3. The highest BCUT2D eigenvalue weighted by atomic mass is 28.4. The van der Waals surface area contributed by atoms with Crippen molar-refractivity contribution in [3.05, 3.63) is 0 Å². The van der Waals surface area contributed by atoms with Gasteiger partial charge in [-0.2, -0.15) is 0 Å². The molecule has 0 N–H and O–H groups in total. The van der Waals surface area contributed by atoms with E-state index in [1.807, 2.05) is 0 Å². The third-order valence-electron chi connectivity index (χ3n) is 11.3. The van der Waals surface area contributed by atoms with E-state index in [0.29, 0.717) is 16.9 Å². The van der Waals surface area contributed by atoms with Gasteiger partial charge in [0.25, 0.3) is 0 Å². The second kappa shape index (κ2) is 9.33. The summed E-state index contributed by atoms with van der Waals surface area (Å²) in [6.45, 7) is 20.0. The van der Waals surface area contributed by atoms with Gasteiger partial charge in [0.15, 0.2) is 8.32 Å². The highest BCUT2D eigenvalue weighted by Crippen LogP contribution is 2.68. The van der Waals surface area contributed by atoms with Crippen LogP contribution >= 0.6 is 0 Å². The minimum absolute atomic E-state index is 0.548. The monoisotopic (exact) mass is 460 g/mol. The van der Waals surface area contributed by atoms with E-state index < -0.39 is 8.32 Å². The van der Waals surface area contributed by atoms with E-state index in [4.69, 9.17) is 4.43 Å². The van der Waals surface area contributed by atoms with Crippen molar-refractivity contribution in [2.75, 3.05) is 0 Å². The van der Waals surface area contributed by atoms with Gasteiger partial charge in [0, 0.05) is 6.10 Å². The Morgan fingerprint density at radius 1 is 0.812 bits per heavy atom. The molecule has 4 fully saturated rings. The van der Waals surface area contributed by atoms with Gasteiger partial charge in [0.2, 0.25) is 0 Å². The Hall–Kier alpha value is 0.177. The van der Waals surface area contributed by atoms with Gasteiger partial charge in [-0.3, -0.25) is 0 Å². The highest BCUT2D eigenvalue weighted by Gasteiger charge is 2.60. The Morgan fingerprint density at radius 2 is 1.50 bits per heavy atom. The van der Waals surface area contributed by atoms with Gasteiger partial charge in [-0.25, -0.2) is 0 Å². The lowest BCUT2D eigenvalue weighted by atomic mass is 9.44. The first-order valence-corrected chi connectivity index (χ1v) is 18.0. The topological polar surface area (TPSA) is 9.23 Å². The van der Waals surface area contributed by atoms with Crippen LogP contribution < -0.4 is 0 Å². The molecule has 0 saturated heterocycles. The molecule has 4 aliphatic carbocycles. The summed E-state index contributed by atoms with van der Waals surface area (Å²) in [5.74, 6) is 6.74. The molecule has 2 heteroatoms. The highest BCUT2D eigenvalue weighted by molar-refractivity contribution is 6.69. The summed E-state index contributed by atoms with van der Waals surface area (Å²) in [4.78, 5) is 0. The van der Waals surface area contributed by atoms with E-state index in [1.165, 1.54) is 70.6 Å². The molecule has 9 unspecified atom stereocenters. The smallest absolute Gasteiger partial charge is 0.184 e. The van der Waals surface area contributed by atoms with E-state index in [1.54, 1.807) is 6.42 Å². The van der Waals surface area contributed by atoms with Gasteiger partial charge in [-0.1, -0.05) is 53.9 Å². The Bertz CT molecular complexity index is 637. The van der Waals surface area contributed by atoms with Crippen molar-refractivity contribution in [3.63, 3.8) is 0 Å². The first-order valence-electron chi connectivity index (χ1n) is 14.6. The second-order valence-corrected chi connectivity index (χ2v) is 19.3. The summed E-state index contributed by atoms with van der Waals surface area (Å²) in [6, 6.07) is 0. The minimum atomic E-state index is -1.45. The van der Waals surface area contributed by atoms with Crippen molar-refractivity contribution in [3.8, 4) is 0 Å². The summed E-state index contributed by atoms with van der Waals surface area (Å²) >= 11 is 0.